The summed E-state index contributed by atoms with van der Waals surface area (Å²) in [6, 6.07) is 12.2. The first kappa shape index (κ1) is 15.8. The molecule has 0 unspecified atom stereocenters. The molecule has 0 aliphatic carbocycles. The van der Waals surface area contributed by atoms with Crippen molar-refractivity contribution in [2.75, 3.05) is 10.6 Å². The summed E-state index contributed by atoms with van der Waals surface area (Å²) in [5, 5.41) is 5.57. The summed E-state index contributed by atoms with van der Waals surface area (Å²) in [5.74, 6) is -1.46. The first-order chi connectivity index (χ1) is 9.95. The quantitative estimate of drug-likeness (QED) is 0.580. The van der Waals surface area contributed by atoms with E-state index < -0.39 is 11.8 Å². The second-order valence-corrected chi connectivity index (χ2v) is 6.06. The second-order valence-electron chi connectivity index (χ2n) is 4.38. The molecule has 0 radical (unpaired) electrons. The lowest BCUT2D eigenvalue weighted by atomic mass is 10.2. The molecule has 0 aromatic heterocycles. The summed E-state index contributed by atoms with van der Waals surface area (Å²) in [6.07, 6.45) is 0. The third kappa shape index (κ3) is 4.44. The Balaban J connectivity index is 2.04. The van der Waals surface area contributed by atoms with Gasteiger partial charge in [-0.3, -0.25) is 9.59 Å². The van der Waals surface area contributed by atoms with Gasteiger partial charge in [0.2, 0.25) is 0 Å². The minimum absolute atomic E-state index is 0.474. The van der Waals surface area contributed by atoms with Crippen molar-refractivity contribution in [1.82, 2.24) is 0 Å². The maximum atomic E-state index is 11.9. The van der Waals surface area contributed by atoms with Crippen LogP contribution in [-0.4, -0.2) is 11.8 Å². The van der Waals surface area contributed by atoms with Gasteiger partial charge in [-0.25, -0.2) is 0 Å². The standard InChI is InChI=1S/C15H12ClIN2O2/c1-9-7-11(17)5-6-13(9)19-15(21)14(20)18-12-4-2-3-10(16)8-12/h2-8H,1H3,(H,18,20)(H,19,21). The van der Waals surface area contributed by atoms with E-state index in [2.05, 4.69) is 33.2 Å². The van der Waals surface area contributed by atoms with Gasteiger partial charge in [0.1, 0.15) is 0 Å². The Morgan fingerprint density at radius 3 is 2.43 bits per heavy atom. The van der Waals surface area contributed by atoms with Gasteiger partial charge in [0.15, 0.2) is 0 Å². The number of aryl methyl sites for hydroxylation is 1. The van der Waals surface area contributed by atoms with Crippen molar-refractivity contribution >= 4 is 57.4 Å². The van der Waals surface area contributed by atoms with E-state index in [1.165, 1.54) is 0 Å². The number of halogens is 2. The summed E-state index contributed by atoms with van der Waals surface area (Å²) in [4.78, 5) is 23.7. The van der Waals surface area contributed by atoms with E-state index in [0.717, 1.165) is 9.13 Å². The number of benzene rings is 2. The Kier molecular flexibility index (Phi) is 5.19. The van der Waals surface area contributed by atoms with Crippen LogP contribution in [0.1, 0.15) is 5.56 Å². The van der Waals surface area contributed by atoms with Crippen molar-refractivity contribution in [3.05, 3.63) is 56.6 Å². The smallest absolute Gasteiger partial charge is 0.314 e. The molecule has 0 saturated carbocycles. The number of amides is 2. The molecule has 6 heteroatoms. The first-order valence-corrected chi connectivity index (χ1v) is 7.55. The maximum absolute atomic E-state index is 11.9. The van der Waals surface area contributed by atoms with E-state index in [-0.39, 0.29) is 0 Å². The van der Waals surface area contributed by atoms with Crippen LogP contribution in [0.25, 0.3) is 0 Å². The van der Waals surface area contributed by atoms with E-state index in [1.54, 1.807) is 30.3 Å². The minimum Gasteiger partial charge on any atom is -0.318 e. The molecule has 0 aliphatic heterocycles. The summed E-state index contributed by atoms with van der Waals surface area (Å²) in [7, 11) is 0. The highest BCUT2D eigenvalue weighted by Gasteiger charge is 2.15. The van der Waals surface area contributed by atoms with Crippen molar-refractivity contribution in [3.8, 4) is 0 Å². The van der Waals surface area contributed by atoms with Crippen molar-refractivity contribution in [2.24, 2.45) is 0 Å². The van der Waals surface area contributed by atoms with Crippen molar-refractivity contribution in [2.45, 2.75) is 6.92 Å². The molecule has 0 bridgehead atoms. The van der Waals surface area contributed by atoms with Crippen LogP contribution < -0.4 is 10.6 Å². The zero-order valence-corrected chi connectivity index (χ0v) is 14.0. The maximum Gasteiger partial charge on any atom is 0.314 e. The fraction of sp³-hybridized carbons (Fsp3) is 0.0667. The largest absolute Gasteiger partial charge is 0.318 e. The van der Waals surface area contributed by atoms with Crippen molar-refractivity contribution in [3.63, 3.8) is 0 Å². The Morgan fingerprint density at radius 1 is 1.05 bits per heavy atom. The molecular weight excluding hydrogens is 403 g/mol. The van der Waals surface area contributed by atoms with Crippen LogP contribution in [0.5, 0.6) is 0 Å². The van der Waals surface area contributed by atoms with Gasteiger partial charge >= 0.3 is 11.8 Å². The first-order valence-electron chi connectivity index (χ1n) is 6.10. The fourth-order valence-electron chi connectivity index (χ4n) is 1.70. The average molecular weight is 415 g/mol. The molecule has 0 fully saturated rings. The highest BCUT2D eigenvalue weighted by Crippen LogP contribution is 2.18. The van der Waals surface area contributed by atoms with Gasteiger partial charge in [-0.15, -0.1) is 0 Å². The number of carbonyl (C=O) groups excluding carboxylic acids is 2. The Hall–Kier alpha value is -1.60. The zero-order chi connectivity index (χ0) is 15.4. The third-order valence-corrected chi connectivity index (χ3v) is 3.63. The molecule has 108 valence electrons. The molecule has 0 spiro atoms. The molecule has 0 aliphatic rings. The lowest BCUT2D eigenvalue weighted by Gasteiger charge is -2.09. The number of hydrogen-bond donors (Lipinski definition) is 2. The van der Waals surface area contributed by atoms with E-state index >= 15 is 0 Å². The molecule has 0 saturated heterocycles. The highest BCUT2D eigenvalue weighted by molar-refractivity contribution is 14.1. The predicted octanol–water partition coefficient (Wildman–Crippen LogP) is 3.83. The van der Waals surface area contributed by atoms with Gasteiger partial charge in [-0.05, 0) is 71.5 Å². The summed E-state index contributed by atoms with van der Waals surface area (Å²) in [5.41, 5.74) is 1.98. The van der Waals surface area contributed by atoms with Gasteiger partial charge in [0.25, 0.3) is 0 Å². The zero-order valence-electron chi connectivity index (χ0n) is 11.1. The van der Waals surface area contributed by atoms with E-state index in [9.17, 15) is 9.59 Å². The lowest BCUT2D eigenvalue weighted by molar-refractivity contribution is -0.133. The molecule has 21 heavy (non-hydrogen) atoms. The van der Waals surface area contributed by atoms with Gasteiger partial charge in [0.05, 0.1) is 0 Å². The number of anilines is 2. The van der Waals surface area contributed by atoms with Gasteiger partial charge in [-0.2, -0.15) is 0 Å². The lowest BCUT2D eigenvalue weighted by Crippen LogP contribution is -2.29. The SMILES string of the molecule is Cc1cc(I)ccc1NC(=O)C(=O)Nc1cccc(Cl)c1. The second kappa shape index (κ2) is 6.91. The topological polar surface area (TPSA) is 58.2 Å². The molecule has 0 heterocycles. The summed E-state index contributed by atoms with van der Waals surface area (Å²) < 4.78 is 1.06. The molecule has 4 nitrogen and oxygen atoms in total. The Labute approximate surface area is 141 Å². The summed E-state index contributed by atoms with van der Waals surface area (Å²) >= 11 is 8.00. The molecule has 2 amide bonds. The molecule has 2 rings (SSSR count). The normalized spacial score (nSPS) is 10.0. The van der Waals surface area contributed by atoms with Crippen LogP contribution in [0.4, 0.5) is 11.4 Å². The number of nitrogens with one attached hydrogen (secondary N) is 2. The van der Waals surface area contributed by atoms with Crippen molar-refractivity contribution in [1.29, 1.82) is 0 Å². The van der Waals surface area contributed by atoms with Crippen LogP contribution in [0.15, 0.2) is 42.5 Å². The fourth-order valence-corrected chi connectivity index (χ4v) is 2.54. The molecule has 0 atom stereocenters. The van der Waals surface area contributed by atoms with E-state index in [4.69, 9.17) is 11.6 Å². The average Bonchev–Trinajstić information content (AvgIpc) is 2.41. The molecule has 2 aromatic carbocycles. The monoisotopic (exact) mass is 414 g/mol. The summed E-state index contributed by atoms with van der Waals surface area (Å²) in [6.45, 7) is 1.87. The van der Waals surface area contributed by atoms with E-state index in [1.807, 2.05) is 19.1 Å². The Morgan fingerprint density at radius 2 is 1.76 bits per heavy atom. The van der Waals surface area contributed by atoms with Crippen LogP contribution >= 0.6 is 34.2 Å². The van der Waals surface area contributed by atoms with Gasteiger partial charge < -0.3 is 10.6 Å². The number of carbonyl (C=O) groups is 2. The van der Waals surface area contributed by atoms with Gasteiger partial charge in [0, 0.05) is 20.0 Å². The van der Waals surface area contributed by atoms with Crippen LogP contribution in [0.3, 0.4) is 0 Å². The van der Waals surface area contributed by atoms with E-state index in [0.29, 0.717) is 16.4 Å². The number of rotatable bonds is 2. The number of hydrogen-bond acceptors (Lipinski definition) is 2. The molecular formula is C15H12ClIN2O2. The third-order valence-electron chi connectivity index (χ3n) is 2.73. The predicted molar refractivity (Wildman–Crippen MR) is 92.6 cm³/mol. The van der Waals surface area contributed by atoms with Crippen molar-refractivity contribution < 1.29 is 9.59 Å². The van der Waals surface area contributed by atoms with Crippen LogP contribution in [-0.2, 0) is 9.59 Å². The molecule has 2 N–H and O–H groups in total. The van der Waals surface area contributed by atoms with Crippen LogP contribution in [0, 0.1) is 10.5 Å². The van der Waals surface area contributed by atoms with Gasteiger partial charge in [-0.1, -0.05) is 17.7 Å². The highest BCUT2D eigenvalue weighted by atomic mass is 127. The van der Waals surface area contributed by atoms with Crippen LogP contribution in [0.2, 0.25) is 5.02 Å². The Bertz CT molecular complexity index is 704. The minimum atomic E-state index is -0.741. The molecule has 2 aromatic rings.